The number of aliphatic hydroxyl groups is 1. The molecule has 0 aromatic heterocycles. The second-order valence-corrected chi connectivity index (χ2v) is 5.62. The Hall–Kier alpha value is -3.61. The molecule has 3 N–H and O–H groups in total. The molecule has 0 radical (unpaired) electrons. The highest BCUT2D eigenvalue weighted by atomic mass is 16.5. The molecule has 132 valence electrons. The summed E-state index contributed by atoms with van der Waals surface area (Å²) in [6.07, 6.45) is 0. The predicted octanol–water partition coefficient (Wildman–Crippen LogP) is 2.03. The fraction of sp³-hybridized carbons (Fsp3) is 0.105. The van der Waals surface area contributed by atoms with Crippen LogP contribution in [0.15, 0.2) is 48.0 Å². The summed E-state index contributed by atoms with van der Waals surface area (Å²) in [5, 5.41) is 21.0. The summed E-state index contributed by atoms with van der Waals surface area (Å²) in [4.78, 5) is 35.0. The molecule has 7 heteroatoms. The molecule has 1 aliphatic carbocycles. The number of carboxylic acid groups (broad SMARTS) is 1. The SMILES string of the molecule is COc1ccc(-c2ccc3c(c2)C(O)=C(C(=O)NCC(=O)O)C3=O)cc1. The molecule has 0 bridgehead atoms. The molecule has 3 rings (SSSR count). The van der Waals surface area contributed by atoms with Gasteiger partial charge in [0.05, 0.1) is 7.11 Å². The van der Waals surface area contributed by atoms with Crippen molar-refractivity contribution in [3.05, 3.63) is 59.2 Å². The van der Waals surface area contributed by atoms with Crippen LogP contribution in [-0.2, 0) is 9.59 Å². The van der Waals surface area contributed by atoms with Crippen LogP contribution in [0.5, 0.6) is 5.75 Å². The summed E-state index contributed by atoms with van der Waals surface area (Å²) >= 11 is 0. The molecule has 0 unspecified atom stereocenters. The highest BCUT2D eigenvalue weighted by Crippen LogP contribution is 2.34. The van der Waals surface area contributed by atoms with E-state index in [1.165, 1.54) is 6.07 Å². The van der Waals surface area contributed by atoms with Gasteiger partial charge in [-0.1, -0.05) is 18.2 Å². The van der Waals surface area contributed by atoms with Gasteiger partial charge < -0.3 is 20.3 Å². The standard InChI is InChI=1S/C19H15NO6/c1-26-12-5-2-10(3-6-12)11-4-7-13-14(8-11)18(24)16(17(13)23)19(25)20-9-15(21)22/h2-8,24H,9H2,1H3,(H,20,25)(H,21,22). The summed E-state index contributed by atoms with van der Waals surface area (Å²) in [7, 11) is 1.57. The van der Waals surface area contributed by atoms with Crippen molar-refractivity contribution >= 4 is 23.4 Å². The summed E-state index contributed by atoms with van der Waals surface area (Å²) in [6, 6.07) is 12.1. The fourth-order valence-corrected chi connectivity index (χ4v) is 2.73. The average molecular weight is 353 g/mol. The number of ether oxygens (including phenoxy) is 1. The molecule has 0 saturated heterocycles. The van der Waals surface area contributed by atoms with Gasteiger partial charge in [0.2, 0.25) is 5.78 Å². The number of rotatable bonds is 5. The van der Waals surface area contributed by atoms with E-state index >= 15 is 0 Å². The van der Waals surface area contributed by atoms with Gasteiger partial charge >= 0.3 is 5.97 Å². The maximum atomic E-state index is 12.4. The zero-order chi connectivity index (χ0) is 18.8. The Morgan fingerprint density at radius 2 is 1.69 bits per heavy atom. The van der Waals surface area contributed by atoms with Crippen molar-refractivity contribution in [3.63, 3.8) is 0 Å². The number of nitrogens with one attached hydrogen (secondary N) is 1. The van der Waals surface area contributed by atoms with E-state index in [0.717, 1.165) is 11.1 Å². The average Bonchev–Trinajstić information content (AvgIpc) is 2.90. The molecule has 0 heterocycles. The summed E-state index contributed by atoms with van der Waals surface area (Å²) < 4.78 is 5.11. The van der Waals surface area contributed by atoms with E-state index < -0.39 is 35.5 Å². The van der Waals surface area contributed by atoms with E-state index in [9.17, 15) is 19.5 Å². The molecule has 1 amide bonds. The van der Waals surface area contributed by atoms with Crippen LogP contribution >= 0.6 is 0 Å². The van der Waals surface area contributed by atoms with Crippen molar-refractivity contribution in [1.82, 2.24) is 5.32 Å². The number of hydrogen-bond acceptors (Lipinski definition) is 5. The van der Waals surface area contributed by atoms with E-state index in [1.54, 1.807) is 31.4 Å². The van der Waals surface area contributed by atoms with Gasteiger partial charge in [-0.2, -0.15) is 0 Å². The van der Waals surface area contributed by atoms with Gasteiger partial charge in [0.25, 0.3) is 5.91 Å². The van der Waals surface area contributed by atoms with Gasteiger partial charge in [-0.25, -0.2) is 0 Å². The van der Waals surface area contributed by atoms with Crippen molar-refractivity contribution in [3.8, 4) is 16.9 Å². The number of fused-ring (bicyclic) bond motifs is 1. The normalized spacial score (nSPS) is 12.7. The van der Waals surface area contributed by atoms with Crippen molar-refractivity contribution in [2.24, 2.45) is 0 Å². The quantitative estimate of drug-likeness (QED) is 0.709. The number of ketones is 1. The summed E-state index contributed by atoms with van der Waals surface area (Å²) in [6.45, 7) is -0.643. The van der Waals surface area contributed by atoms with Crippen LogP contribution in [0.25, 0.3) is 16.9 Å². The number of aliphatic hydroxyl groups excluding tert-OH is 1. The molecule has 2 aromatic rings. The molecule has 7 nitrogen and oxygen atoms in total. The van der Waals surface area contributed by atoms with Gasteiger partial charge in [-0.3, -0.25) is 14.4 Å². The topological polar surface area (TPSA) is 113 Å². The van der Waals surface area contributed by atoms with Crippen LogP contribution in [0.3, 0.4) is 0 Å². The van der Waals surface area contributed by atoms with E-state index in [0.29, 0.717) is 5.75 Å². The number of carbonyl (C=O) groups is 3. The number of Topliss-reactive ketones (excluding diaryl/α,β-unsaturated/α-hetero) is 1. The van der Waals surface area contributed by atoms with Crippen LogP contribution in [0.2, 0.25) is 0 Å². The second-order valence-electron chi connectivity index (χ2n) is 5.62. The van der Waals surface area contributed by atoms with Gasteiger partial charge in [-0.15, -0.1) is 0 Å². The maximum absolute atomic E-state index is 12.4. The third-order valence-corrected chi connectivity index (χ3v) is 4.03. The highest BCUT2D eigenvalue weighted by Gasteiger charge is 2.34. The monoisotopic (exact) mass is 353 g/mol. The second kappa shape index (κ2) is 6.72. The predicted molar refractivity (Wildman–Crippen MR) is 93.0 cm³/mol. The Balaban J connectivity index is 1.95. The lowest BCUT2D eigenvalue weighted by Gasteiger charge is -2.06. The number of aliphatic carboxylic acids is 1. The number of methoxy groups -OCH3 is 1. The number of carbonyl (C=O) groups excluding carboxylic acids is 2. The molecular formula is C19H15NO6. The Morgan fingerprint density at radius 3 is 2.31 bits per heavy atom. The molecule has 2 aromatic carbocycles. The highest BCUT2D eigenvalue weighted by molar-refractivity contribution is 6.34. The maximum Gasteiger partial charge on any atom is 0.322 e. The molecule has 0 atom stereocenters. The van der Waals surface area contributed by atoms with Gasteiger partial charge in [-0.05, 0) is 35.4 Å². The third kappa shape index (κ3) is 3.02. The summed E-state index contributed by atoms with van der Waals surface area (Å²) in [5.74, 6) is -2.56. The van der Waals surface area contributed by atoms with Crippen molar-refractivity contribution in [2.75, 3.05) is 13.7 Å². The molecule has 0 fully saturated rings. The lowest BCUT2D eigenvalue weighted by atomic mass is 9.99. The first-order valence-electron chi connectivity index (χ1n) is 7.69. The summed E-state index contributed by atoms with van der Waals surface area (Å²) in [5.41, 5.74) is 1.58. The Bertz CT molecular complexity index is 943. The molecule has 26 heavy (non-hydrogen) atoms. The molecule has 0 saturated carbocycles. The molecule has 0 spiro atoms. The van der Waals surface area contributed by atoms with Crippen LogP contribution in [0, 0.1) is 0 Å². The first kappa shape index (κ1) is 17.2. The van der Waals surface area contributed by atoms with Crippen molar-refractivity contribution in [1.29, 1.82) is 0 Å². The van der Waals surface area contributed by atoms with Crippen molar-refractivity contribution < 1.29 is 29.3 Å². The van der Waals surface area contributed by atoms with E-state index in [1.807, 2.05) is 12.1 Å². The number of carboxylic acids is 1. The largest absolute Gasteiger partial charge is 0.506 e. The molecule has 1 aliphatic rings. The van der Waals surface area contributed by atoms with Crippen LogP contribution in [-0.4, -0.2) is 41.5 Å². The Labute approximate surface area is 148 Å². The smallest absolute Gasteiger partial charge is 0.322 e. The first-order valence-corrected chi connectivity index (χ1v) is 7.69. The Morgan fingerprint density at radius 1 is 1.04 bits per heavy atom. The first-order chi connectivity index (χ1) is 12.4. The van der Waals surface area contributed by atoms with Gasteiger partial charge in [0.1, 0.15) is 23.6 Å². The van der Waals surface area contributed by atoms with E-state index in [-0.39, 0.29) is 11.1 Å². The van der Waals surface area contributed by atoms with Crippen molar-refractivity contribution in [2.45, 2.75) is 0 Å². The fourth-order valence-electron chi connectivity index (χ4n) is 2.73. The zero-order valence-corrected chi connectivity index (χ0v) is 13.8. The van der Waals surface area contributed by atoms with Crippen LogP contribution < -0.4 is 10.1 Å². The third-order valence-electron chi connectivity index (χ3n) is 4.03. The molecular weight excluding hydrogens is 338 g/mol. The van der Waals surface area contributed by atoms with Crippen LogP contribution in [0.4, 0.5) is 0 Å². The number of amides is 1. The van der Waals surface area contributed by atoms with Gasteiger partial charge in [0.15, 0.2) is 0 Å². The lowest BCUT2D eigenvalue weighted by Crippen LogP contribution is -2.32. The molecule has 0 aliphatic heterocycles. The van der Waals surface area contributed by atoms with Gasteiger partial charge in [0, 0.05) is 11.1 Å². The minimum atomic E-state index is -1.25. The van der Waals surface area contributed by atoms with E-state index in [4.69, 9.17) is 9.84 Å². The number of benzene rings is 2. The minimum Gasteiger partial charge on any atom is -0.506 e. The number of hydrogen-bond donors (Lipinski definition) is 3. The minimum absolute atomic E-state index is 0.195. The van der Waals surface area contributed by atoms with E-state index in [2.05, 4.69) is 5.32 Å². The zero-order valence-electron chi connectivity index (χ0n) is 13.8. The Kier molecular flexibility index (Phi) is 4.45. The van der Waals surface area contributed by atoms with Crippen LogP contribution in [0.1, 0.15) is 15.9 Å². The lowest BCUT2D eigenvalue weighted by molar-refractivity contribution is -0.137.